The predicted octanol–water partition coefficient (Wildman–Crippen LogP) is 6.01. The number of rotatable bonds is 7. The highest BCUT2D eigenvalue weighted by Crippen LogP contribution is 2.54. The third-order valence-electron chi connectivity index (χ3n) is 9.67. The highest BCUT2D eigenvalue weighted by Gasteiger charge is 2.48. The largest absolute Gasteiger partial charge is 0.380 e. The van der Waals surface area contributed by atoms with Gasteiger partial charge in [-0.05, 0) is 92.4 Å². The lowest BCUT2D eigenvalue weighted by Gasteiger charge is -2.54. The number of fused-ring (bicyclic) bond motifs is 1. The van der Waals surface area contributed by atoms with E-state index in [1.807, 2.05) is 17.3 Å². The number of hydrogen-bond acceptors (Lipinski definition) is 8. The van der Waals surface area contributed by atoms with Crippen molar-refractivity contribution in [1.82, 2.24) is 25.9 Å². The van der Waals surface area contributed by atoms with Gasteiger partial charge in [-0.1, -0.05) is 17.7 Å². The van der Waals surface area contributed by atoms with Gasteiger partial charge in [-0.15, -0.1) is 5.53 Å². The number of anilines is 2. The Balaban J connectivity index is 1.19. The molecule has 5 fully saturated rings. The first-order valence-corrected chi connectivity index (χ1v) is 15.0. The highest BCUT2D eigenvalue weighted by molar-refractivity contribution is 6.35. The van der Waals surface area contributed by atoms with Gasteiger partial charge in [0.05, 0.1) is 34.9 Å². The summed E-state index contributed by atoms with van der Waals surface area (Å²) < 4.78 is 23.4. The number of pyridine rings is 2. The Kier molecular flexibility index (Phi) is 5.71. The smallest absolute Gasteiger partial charge is 0.212 e. The lowest BCUT2D eigenvalue weighted by Crippen LogP contribution is -2.51. The maximum absolute atomic E-state index is 13.8. The minimum Gasteiger partial charge on any atom is -0.380 e. The van der Waals surface area contributed by atoms with E-state index in [2.05, 4.69) is 37.6 Å². The minimum atomic E-state index is -1.55. The number of halogens is 2. The Morgan fingerprint density at radius 2 is 1.88 bits per heavy atom. The minimum absolute atomic E-state index is 0.318. The summed E-state index contributed by atoms with van der Waals surface area (Å²) in [5.74, 6) is 2.30. The van der Waals surface area contributed by atoms with Crippen LogP contribution in [0.5, 0.6) is 0 Å². The molecule has 5 aliphatic carbocycles. The average molecular weight is 572 g/mol. The molecule has 0 amide bonds. The topological polar surface area (TPSA) is 101 Å². The maximum Gasteiger partial charge on any atom is 0.212 e. The van der Waals surface area contributed by atoms with Gasteiger partial charge in [-0.2, -0.15) is 9.65 Å². The summed E-state index contributed by atoms with van der Waals surface area (Å²) in [6.07, 6.45) is 13.4. The van der Waals surface area contributed by atoms with Crippen LogP contribution in [-0.2, 0) is 0 Å². The van der Waals surface area contributed by atoms with Crippen molar-refractivity contribution in [3.63, 3.8) is 0 Å². The zero-order valence-electron chi connectivity index (χ0n) is 23.5. The van der Waals surface area contributed by atoms with Crippen LogP contribution in [0.25, 0.3) is 10.9 Å². The van der Waals surface area contributed by atoms with Crippen LogP contribution in [0, 0.1) is 41.0 Å². The fourth-order valence-corrected chi connectivity index (χ4v) is 8.14. The van der Waals surface area contributed by atoms with Crippen molar-refractivity contribution in [3.05, 3.63) is 70.7 Å². The molecule has 1 unspecified atom stereocenters. The van der Waals surface area contributed by atoms with Crippen molar-refractivity contribution < 1.29 is 5.76 Å². The summed E-state index contributed by atoms with van der Waals surface area (Å²) in [6, 6.07) is 7.95. The van der Waals surface area contributed by atoms with E-state index in [0.29, 0.717) is 57.0 Å². The summed E-state index contributed by atoms with van der Waals surface area (Å²) in [5.41, 5.74) is 9.66. The van der Waals surface area contributed by atoms with Crippen LogP contribution in [0.4, 0.5) is 15.8 Å². The van der Waals surface area contributed by atoms with Crippen molar-refractivity contribution in [2.75, 3.05) is 10.6 Å². The van der Waals surface area contributed by atoms with Crippen LogP contribution in [0.15, 0.2) is 48.6 Å². The van der Waals surface area contributed by atoms with E-state index in [0.717, 1.165) is 35.8 Å². The molecule has 6 aliphatic rings. The zero-order chi connectivity index (χ0) is 28.6. The number of hydrazine groups is 2. The summed E-state index contributed by atoms with van der Waals surface area (Å²) in [5, 5.41) is 20.4. The molecule has 5 saturated carbocycles. The van der Waals surface area contributed by atoms with E-state index in [1.165, 1.54) is 44.4 Å². The van der Waals surface area contributed by atoms with Crippen LogP contribution in [-0.4, -0.2) is 27.1 Å². The van der Waals surface area contributed by atoms with Gasteiger partial charge in [0, 0.05) is 41.8 Å². The fraction of sp³-hybridized carbons (Fsp3) is 0.452. The molecular formula is C31H32ClFN8. The van der Waals surface area contributed by atoms with Gasteiger partial charge in [-0.3, -0.25) is 9.99 Å². The van der Waals surface area contributed by atoms with Gasteiger partial charge in [0.1, 0.15) is 6.07 Å². The quantitative estimate of drug-likeness (QED) is 0.256. The average Bonchev–Trinajstić information content (AvgIpc) is 3.70. The molecule has 1 aromatic carbocycles. The first kappa shape index (κ1) is 24.0. The third kappa shape index (κ3) is 4.54. The van der Waals surface area contributed by atoms with Gasteiger partial charge in [0.15, 0.2) is 0 Å². The predicted molar refractivity (Wildman–Crippen MR) is 156 cm³/mol. The Morgan fingerprint density at radius 3 is 2.56 bits per heavy atom. The lowest BCUT2D eigenvalue weighted by molar-refractivity contribution is 0.00757. The van der Waals surface area contributed by atoms with Crippen LogP contribution >= 0.6 is 11.6 Å². The van der Waals surface area contributed by atoms with Gasteiger partial charge in [0.2, 0.25) is 5.95 Å². The molecule has 3 heterocycles. The number of nitriles is 1. The number of aromatic nitrogens is 2. The molecule has 8 nitrogen and oxygen atoms in total. The van der Waals surface area contributed by atoms with Crippen molar-refractivity contribution in [3.8, 4) is 6.07 Å². The molecular weight excluding hydrogens is 539 g/mol. The zero-order valence-corrected chi connectivity index (χ0v) is 23.3. The number of benzene rings is 1. The lowest BCUT2D eigenvalue weighted by atomic mass is 9.54. The molecule has 1 atom stereocenters. The standard InChI is InChI=1S/C31H32ClFN8/c32-25-11-22(37-30(18-1-4-27(33)35-13-18)26-15-41(40-39-26)23-2-3-23)10-24-29(21(12-34)14-36-31(24)25)38-28-19-6-16-5-17(8-19)9-20(28)7-16/h1,4,10-11,13-17,19-20,23,28,30,37,39-40H,2-3,5-9H2,(H,36,38)/i30D. The van der Waals surface area contributed by atoms with Crippen molar-refractivity contribution in [2.45, 2.75) is 63.0 Å². The molecule has 4 N–H and O–H groups in total. The Hall–Kier alpha value is -3.61. The Bertz CT molecular complexity index is 1610. The second-order valence-electron chi connectivity index (χ2n) is 12.4. The van der Waals surface area contributed by atoms with Gasteiger partial charge in [-0.25, -0.2) is 4.98 Å². The molecule has 9 rings (SSSR count). The molecule has 1 aliphatic heterocycles. The summed E-state index contributed by atoms with van der Waals surface area (Å²) in [7, 11) is 0. The molecule has 0 radical (unpaired) electrons. The van der Waals surface area contributed by atoms with Gasteiger partial charge >= 0.3 is 0 Å². The maximum atomic E-state index is 13.8. The van der Waals surface area contributed by atoms with E-state index in [9.17, 15) is 11.0 Å². The number of nitrogens with one attached hydrogen (secondary N) is 4. The van der Waals surface area contributed by atoms with Crippen LogP contribution in [0.1, 0.15) is 63.5 Å². The second-order valence-corrected chi connectivity index (χ2v) is 12.8. The fourth-order valence-electron chi connectivity index (χ4n) is 7.87. The third-order valence-corrected chi connectivity index (χ3v) is 9.95. The summed E-state index contributed by atoms with van der Waals surface area (Å²) in [6.45, 7) is 0. The molecule has 41 heavy (non-hydrogen) atoms. The van der Waals surface area contributed by atoms with Crippen molar-refractivity contribution in [1.29, 1.82) is 5.26 Å². The molecule has 4 bridgehead atoms. The SMILES string of the molecule is [2H]C(Nc1cc(Cl)c2ncc(C#N)c(NC3C4CC5CC(C4)CC3C5)c2c1)(C1=CN(C2CC2)NN1)c1ccc(F)nc1. The van der Waals surface area contributed by atoms with Gasteiger partial charge in [0.25, 0.3) is 0 Å². The van der Waals surface area contributed by atoms with E-state index >= 15 is 0 Å². The van der Waals surface area contributed by atoms with Crippen LogP contribution in [0.3, 0.4) is 0 Å². The first-order valence-electron chi connectivity index (χ1n) is 15.1. The number of nitrogens with zero attached hydrogens (tertiary/aromatic N) is 4. The molecule has 2 aromatic heterocycles. The highest BCUT2D eigenvalue weighted by atomic mass is 35.5. The molecule has 0 saturated heterocycles. The molecule has 210 valence electrons. The summed E-state index contributed by atoms with van der Waals surface area (Å²) in [4.78, 5) is 8.39. The van der Waals surface area contributed by atoms with E-state index in [1.54, 1.807) is 18.3 Å². The number of hydrogen-bond donors (Lipinski definition) is 4. The Morgan fingerprint density at radius 1 is 1.10 bits per heavy atom. The van der Waals surface area contributed by atoms with Crippen LogP contribution in [0.2, 0.25) is 5.02 Å². The normalized spacial score (nSPS) is 29.9. The molecule has 0 spiro atoms. The van der Waals surface area contributed by atoms with E-state index in [-0.39, 0.29) is 0 Å². The van der Waals surface area contributed by atoms with Crippen LogP contribution < -0.4 is 21.6 Å². The van der Waals surface area contributed by atoms with Crippen molar-refractivity contribution >= 4 is 33.9 Å². The molecule has 3 aromatic rings. The summed E-state index contributed by atoms with van der Waals surface area (Å²) >= 11 is 6.83. The molecule has 10 heteroatoms. The van der Waals surface area contributed by atoms with E-state index in [4.69, 9.17) is 11.6 Å². The van der Waals surface area contributed by atoms with Gasteiger partial charge < -0.3 is 16.1 Å². The van der Waals surface area contributed by atoms with E-state index < -0.39 is 12.0 Å². The second kappa shape index (κ2) is 9.74. The Labute approximate surface area is 244 Å². The first-order chi connectivity index (χ1) is 20.4. The monoisotopic (exact) mass is 571 g/mol. The van der Waals surface area contributed by atoms with Crippen molar-refractivity contribution in [2.24, 2.45) is 23.7 Å².